The van der Waals surface area contributed by atoms with E-state index in [2.05, 4.69) is 25.8 Å². The lowest BCUT2D eigenvalue weighted by atomic mass is 9.85. The number of aliphatic hydroxyl groups is 1. The maximum Gasteiger partial charge on any atom is 0.295 e. The number of aryl methyl sites for hydroxylation is 1. The topological polar surface area (TPSA) is 79.7 Å². The molecule has 1 aliphatic heterocycles. The molecule has 3 aromatic carbocycles. The number of aromatic nitrogens is 1. The summed E-state index contributed by atoms with van der Waals surface area (Å²) in [6, 6.07) is 26.0. The largest absolute Gasteiger partial charge is 0.507 e. The van der Waals surface area contributed by atoms with E-state index in [4.69, 9.17) is 4.74 Å². The van der Waals surface area contributed by atoms with Gasteiger partial charge in [0.15, 0.2) is 0 Å². The number of carbonyl (C=O) groups is 2. The van der Waals surface area contributed by atoms with E-state index in [0.717, 1.165) is 27.8 Å². The van der Waals surface area contributed by atoms with Crippen LogP contribution < -0.4 is 4.74 Å². The number of carbonyl (C=O) groups excluding carboxylic acids is 2. The number of amides is 1. The van der Waals surface area contributed by atoms with E-state index in [1.165, 1.54) is 4.90 Å². The molecule has 1 N–H and O–H groups in total. The van der Waals surface area contributed by atoms with E-state index in [-0.39, 0.29) is 23.3 Å². The van der Waals surface area contributed by atoms with Gasteiger partial charge in [0.25, 0.3) is 11.7 Å². The third-order valence-electron chi connectivity index (χ3n) is 7.39. The predicted octanol–water partition coefficient (Wildman–Crippen LogP) is 6.89. The van der Waals surface area contributed by atoms with E-state index in [1.54, 1.807) is 36.7 Å². The van der Waals surface area contributed by atoms with E-state index in [0.29, 0.717) is 17.9 Å². The van der Waals surface area contributed by atoms with Crippen molar-refractivity contribution in [2.45, 2.75) is 52.3 Å². The first-order valence-corrected chi connectivity index (χ1v) is 13.7. The van der Waals surface area contributed by atoms with Gasteiger partial charge in [0.1, 0.15) is 18.1 Å². The standard InChI is InChI=1S/C35H34N2O4/c1-23-19-27(14-17-29(23)41-22-24-9-6-5-7-10-24)32(38)30-31(26-12-15-28(16-13-26)35(2,3)4)37(34(40)33(30)39)21-25-11-8-18-36-20-25/h5-20,31,38H,21-22H2,1-4H3/t31-/m1/s1. The Hall–Kier alpha value is -4.71. The highest BCUT2D eigenvalue weighted by Gasteiger charge is 2.46. The molecule has 0 bridgehead atoms. The van der Waals surface area contributed by atoms with E-state index >= 15 is 0 Å². The molecule has 208 valence electrons. The lowest BCUT2D eigenvalue weighted by molar-refractivity contribution is -0.140. The Morgan fingerprint density at radius 2 is 1.63 bits per heavy atom. The number of likely N-dealkylation sites (tertiary alicyclic amines) is 1. The summed E-state index contributed by atoms with van der Waals surface area (Å²) in [5, 5.41) is 11.6. The molecule has 6 nitrogen and oxygen atoms in total. The minimum atomic E-state index is -0.751. The summed E-state index contributed by atoms with van der Waals surface area (Å²) in [6.45, 7) is 8.88. The van der Waals surface area contributed by atoms with Crippen molar-refractivity contribution < 1.29 is 19.4 Å². The maximum absolute atomic E-state index is 13.5. The van der Waals surface area contributed by atoms with Gasteiger partial charge in [-0.3, -0.25) is 14.6 Å². The zero-order chi connectivity index (χ0) is 29.1. The molecule has 1 atom stereocenters. The highest BCUT2D eigenvalue weighted by atomic mass is 16.5. The number of aliphatic hydroxyl groups excluding tert-OH is 1. The lowest BCUT2D eigenvalue weighted by Crippen LogP contribution is -2.29. The molecule has 6 heteroatoms. The molecule has 0 aliphatic carbocycles. The Bertz CT molecular complexity index is 1590. The van der Waals surface area contributed by atoms with Gasteiger partial charge in [-0.05, 0) is 64.4 Å². The number of hydrogen-bond acceptors (Lipinski definition) is 5. The first-order chi connectivity index (χ1) is 19.6. The van der Waals surface area contributed by atoms with Gasteiger partial charge in [-0.2, -0.15) is 0 Å². The summed E-state index contributed by atoms with van der Waals surface area (Å²) in [4.78, 5) is 32.6. The van der Waals surface area contributed by atoms with Gasteiger partial charge in [0.2, 0.25) is 0 Å². The number of ether oxygens (including phenoxy) is 1. The number of nitrogens with zero attached hydrogens (tertiary/aromatic N) is 2. The van der Waals surface area contributed by atoms with Gasteiger partial charge < -0.3 is 14.7 Å². The number of Topliss-reactive ketones (excluding diaryl/α,β-unsaturated/α-hetero) is 1. The van der Waals surface area contributed by atoms with Gasteiger partial charge in [-0.25, -0.2) is 0 Å². The molecular weight excluding hydrogens is 512 g/mol. The molecule has 1 amide bonds. The second kappa shape index (κ2) is 11.4. The van der Waals surface area contributed by atoms with Crippen LogP contribution in [0.1, 0.15) is 60.2 Å². The Balaban J connectivity index is 1.53. The van der Waals surface area contributed by atoms with E-state index in [9.17, 15) is 14.7 Å². The molecular formula is C35H34N2O4. The summed E-state index contributed by atoms with van der Waals surface area (Å²) >= 11 is 0. The summed E-state index contributed by atoms with van der Waals surface area (Å²) in [5.41, 5.74) is 4.99. The van der Waals surface area contributed by atoms with Crippen LogP contribution in [0.4, 0.5) is 0 Å². The molecule has 5 rings (SSSR count). The highest BCUT2D eigenvalue weighted by Crippen LogP contribution is 2.41. The van der Waals surface area contributed by atoms with Gasteiger partial charge in [0.05, 0.1) is 11.6 Å². The van der Waals surface area contributed by atoms with Gasteiger partial charge in [-0.15, -0.1) is 0 Å². The number of ketones is 1. The molecule has 0 spiro atoms. The fourth-order valence-electron chi connectivity index (χ4n) is 5.09. The number of hydrogen-bond donors (Lipinski definition) is 1. The minimum Gasteiger partial charge on any atom is -0.507 e. The van der Waals surface area contributed by atoms with Crippen LogP contribution in [0.3, 0.4) is 0 Å². The first-order valence-electron chi connectivity index (χ1n) is 13.7. The van der Waals surface area contributed by atoms with Crippen molar-refractivity contribution >= 4 is 17.4 Å². The van der Waals surface area contributed by atoms with Crippen LogP contribution in [0, 0.1) is 6.92 Å². The zero-order valence-electron chi connectivity index (χ0n) is 23.8. The van der Waals surface area contributed by atoms with Crippen LogP contribution in [-0.4, -0.2) is 26.7 Å². The number of rotatable bonds is 7. The molecule has 1 saturated heterocycles. The molecule has 2 heterocycles. The average molecular weight is 547 g/mol. The van der Waals surface area contributed by atoms with E-state index in [1.807, 2.05) is 67.6 Å². The predicted molar refractivity (Wildman–Crippen MR) is 159 cm³/mol. The zero-order valence-corrected chi connectivity index (χ0v) is 23.8. The van der Waals surface area contributed by atoms with Crippen molar-refractivity contribution in [2.24, 2.45) is 0 Å². The number of benzene rings is 3. The second-order valence-corrected chi connectivity index (χ2v) is 11.4. The van der Waals surface area contributed by atoms with Crippen LogP contribution in [0.15, 0.2) is 103 Å². The van der Waals surface area contributed by atoms with Crippen molar-refractivity contribution in [1.82, 2.24) is 9.88 Å². The van der Waals surface area contributed by atoms with Crippen molar-refractivity contribution in [1.29, 1.82) is 0 Å². The molecule has 0 saturated carbocycles. The average Bonchev–Trinajstić information content (AvgIpc) is 3.21. The van der Waals surface area contributed by atoms with Crippen molar-refractivity contribution in [2.75, 3.05) is 0 Å². The second-order valence-electron chi connectivity index (χ2n) is 11.4. The molecule has 1 aromatic heterocycles. The molecule has 1 fully saturated rings. The van der Waals surface area contributed by atoms with Crippen LogP contribution in [0.25, 0.3) is 5.76 Å². The van der Waals surface area contributed by atoms with Gasteiger partial charge >= 0.3 is 0 Å². The SMILES string of the molecule is Cc1cc(C(O)=C2C(=O)C(=O)N(Cc3cccnc3)[C@@H]2c2ccc(C(C)(C)C)cc2)ccc1OCc1ccccc1. The smallest absolute Gasteiger partial charge is 0.295 e. The molecule has 4 aromatic rings. The monoisotopic (exact) mass is 546 g/mol. The van der Waals surface area contributed by atoms with Crippen LogP contribution in [0.5, 0.6) is 5.75 Å². The molecule has 41 heavy (non-hydrogen) atoms. The van der Waals surface area contributed by atoms with Crippen LogP contribution in [0.2, 0.25) is 0 Å². The van der Waals surface area contributed by atoms with Crippen LogP contribution in [-0.2, 0) is 28.2 Å². The van der Waals surface area contributed by atoms with E-state index < -0.39 is 17.7 Å². The number of pyridine rings is 1. The quantitative estimate of drug-likeness (QED) is 0.155. The molecule has 0 unspecified atom stereocenters. The normalized spacial score (nSPS) is 16.7. The molecule has 1 aliphatic rings. The summed E-state index contributed by atoms with van der Waals surface area (Å²) in [7, 11) is 0. The maximum atomic E-state index is 13.5. The van der Waals surface area contributed by atoms with Crippen LogP contribution >= 0.6 is 0 Å². The van der Waals surface area contributed by atoms with Crippen molar-refractivity contribution in [3.63, 3.8) is 0 Å². The van der Waals surface area contributed by atoms with Crippen molar-refractivity contribution in [3.05, 3.63) is 136 Å². The van der Waals surface area contributed by atoms with Gasteiger partial charge in [0, 0.05) is 24.5 Å². The fourth-order valence-corrected chi connectivity index (χ4v) is 5.09. The summed E-state index contributed by atoms with van der Waals surface area (Å²) in [6.07, 6.45) is 3.34. The first kappa shape index (κ1) is 27.8. The Labute approximate surface area is 240 Å². The summed E-state index contributed by atoms with van der Waals surface area (Å²) in [5.74, 6) is -0.894. The Kier molecular flexibility index (Phi) is 7.75. The fraction of sp³-hybridized carbons (Fsp3) is 0.229. The Morgan fingerprint density at radius 3 is 2.27 bits per heavy atom. The third-order valence-corrected chi connectivity index (χ3v) is 7.39. The highest BCUT2D eigenvalue weighted by molar-refractivity contribution is 6.46. The molecule has 0 radical (unpaired) electrons. The van der Waals surface area contributed by atoms with Crippen molar-refractivity contribution in [3.8, 4) is 5.75 Å². The lowest BCUT2D eigenvalue weighted by Gasteiger charge is -2.26. The third kappa shape index (κ3) is 5.92. The summed E-state index contributed by atoms with van der Waals surface area (Å²) < 4.78 is 6.00. The van der Waals surface area contributed by atoms with Gasteiger partial charge in [-0.1, -0.05) is 81.4 Å². The minimum absolute atomic E-state index is 0.0576. The Morgan fingerprint density at radius 1 is 0.927 bits per heavy atom.